The second-order valence-electron chi connectivity index (χ2n) is 5.36. The highest BCUT2D eigenvalue weighted by Gasteiger charge is 2.37. The molecule has 2 aliphatic heterocycles. The highest BCUT2D eigenvalue weighted by atomic mass is 16.2. The van der Waals surface area contributed by atoms with E-state index in [0.717, 1.165) is 13.1 Å². The largest absolute Gasteiger partial charge is 0.351 e. The van der Waals surface area contributed by atoms with Crippen molar-refractivity contribution in [3.8, 4) is 0 Å². The van der Waals surface area contributed by atoms with E-state index >= 15 is 0 Å². The van der Waals surface area contributed by atoms with Crippen LogP contribution in [0.25, 0.3) is 0 Å². The van der Waals surface area contributed by atoms with Gasteiger partial charge in [0.05, 0.1) is 6.04 Å². The Morgan fingerprint density at radius 3 is 3.06 bits per heavy atom. The van der Waals surface area contributed by atoms with Crippen molar-refractivity contribution in [1.29, 1.82) is 0 Å². The molecule has 3 unspecified atom stereocenters. The molecule has 102 valence electrons. The third-order valence-corrected chi connectivity index (χ3v) is 4.20. The Morgan fingerprint density at radius 2 is 2.39 bits per heavy atom. The van der Waals surface area contributed by atoms with Crippen LogP contribution in [0.4, 0.5) is 0 Å². The fourth-order valence-corrected chi connectivity index (χ4v) is 3.24. The molecule has 18 heavy (non-hydrogen) atoms. The molecule has 0 aromatic rings. The summed E-state index contributed by atoms with van der Waals surface area (Å²) in [5, 5.41) is 6.48. The van der Waals surface area contributed by atoms with E-state index in [4.69, 9.17) is 0 Å². The minimum Gasteiger partial charge on any atom is -0.351 e. The van der Waals surface area contributed by atoms with Gasteiger partial charge < -0.3 is 10.6 Å². The van der Waals surface area contributed by atoms with E-state index in [-0.39, 0.29) is 11.9 Å². The second-order valence-corrected chi connectivity index (χ2v) is 5.36. The molecule has 2 heterocycles. The van der Waals surface area contributed by atoms with Crippen LogP contribution >= 0.6 is 0 Å². The van der Waals surface area contributed by atoms with Gasteiger partial charge in [0, 0.05) is 18.6 Å². The average molecular weight is 251 g/mol. The maximum absolute atomic E-state index is 12.0. The van der Waals surface area contributed by atoms with Crippen molar-refractivity contribution < 1.29 is 4.79 Å². The molecular weight excluding hydrogens is 226 g/mol. The lowest BCUT2D eigenvalue weighted by Crippen LogP contribution is -2.52. The minimum atomic E-state index is -0.0279. The molecule has 0 spiro atoms. The van der Waals surface area contributed by atoms with E-state index in [9.17, 15) is 4.79 Å². The van der Waals surface area contributed by atoms with Crippen LogP contribution in [0.15, 0.2) is 12.7 Å². The first-order valence-corrected chi connectivity index (χ1v) is 7.11. The van der Waals surface area contributed by atoms with Gasteiger partial charge in [-0.1, -0.05) is 6.08 Å². The zero-order valence-electron chi connectivity index (χ0n) is 11.3. The maximum atomic E-state index is 12.0. The molecule has 1 amide bonds. The SMILES string of the molecule is C=CCNC(=O)C(C)N1CCCC1C1CCCN1. The van der Waals surface area contributed by atoms with Crippen molar-refractivity contribution >= 4 is 5.91 Å². The highest BCUT2D eigenvalue weighted by molar-refractivity contribution is 5.81. The molecule has 0 aromatic carbocycles. The van der Waals surface area contributed by atoms with E-state index in [1.807, 2.05) is 6.92 Å². The first kappa shape index (κ1) is 13.6. The van der Waals surface area contributed by atoms with Crippen LogP contribution in [-0.2, 0) is 4.79 Å². The number of hydrogen-bond donors (Lipinski definition) is 2. The van der Waals surface area contributed by atoms with Gasteiger partial charge in [-0.15, -0.1) is 6.58 Å². The minimum absolute atomic E-state index is 0.0279. The van der Waals surface area contributed by atoms with Crippen LogP contribution in [0.5, 0.6) is 0 Å². The molecule has 0 bridgehead atoms. The van der Waals surface area contributed by atoms with Gasteiger partial charge in [0.25, 0.3) is 0 Å². The maximum Gasteiger partial charge on any atom is 0.237 e. The Hall–Kier alpha value is -0.870. The molecule has 3 atom stereocenters. The summed E-state index contributed by atoms with van der Waals surface area (Å²) in [6, 6.07) is 1.10. The van der Waals surface area contributed by atoms with Crippen molar-refractivity contribution in [3.63, 3.8) is 0 Å². The van der Waals surface area contributed by atoms with Crippen LogP contribution in [0.2, 0.25) is 0 Å². The van der Waals surface area contributed by atoms with Crippen molar-refractivity contribution in [2.45, 2.75) is 50.7 Å². The molecule has 2 saturated heterocycles. The van der Waals surface area contributed by atoms with Crippen LogP contribution in [0.3, 0.4) is 0 Å². The van der Waals surface area contributed by atoms with Gasteiger partial charge >= 0.3 is 0 Å². The highest BCUT2D eigenvalue weighted by Crippen LogP contribution is 2.26. The Bertz CT molecular complexity index is 299. The van der Waals surface area contributed by atoms with Gasteiger partial charge in [0.2, 0.25) is 5.91 Å². The zero-order valence-corrected chi connectivity index (χ0v) is 11.3. The lowest BCUT2D eigenvalue weighted by atomic mass is 10.0. The Morgan fingerprint density at radius 1 is 1.56 bits per heavy atom. The fourth-order valence-electron chi connectivity index (χ4n) is 3.24. The molecule has 2 aliphatic rings. The fraction of sp³-hybridized carbons (Fsp3) is 0.786. The van der Waals surface area contributed by atoms with E-state index in [1.54, 1.807) is 6.08 Å². The lowest BCUT2D eigenvalue weighted by Gasteiger charge is -2.33. The van der Waals surface area contributed by atoms with Gasteiger partial charge in [0.15, 0.2) is 0 Å². The summed E-state index contributed by atoms with van der Waals surface area (Å²) in [5.74, 6) is 0.125. The number of amides is 1. The quantitative estimate of drug-likeness (QED) is 0.713. The molecule has 0 radical (unpaired) electrons. The average Bonchev–Trinajstić information content (AvgIpc) is 3.03. The van der Waals surface area contributed by atoms with Crippen molar-refractivity contribution in [3.05, 3.63) is 12.7 Å². The lowest BCUT2D eigenvalue weighted by molar-refractivity contribution is -0.126. The third kappa shape index (κ3) is 2.93. The smallest absolute Gasteiger partial charge is 0.237 e. The summed E-state index contributed by atoms with van der Waals surface area (Å²) < 4.78 is 0. The summed E-state index contributed by atoms with van der Waals surface area (Å²) in [4.78, 5) is 14.4. The first-order valence-electron chi connectivity index (χ1n) is 7.11. The number of carbonyl (C=O) groups excluding carboxylic acids is 1. The van der Waals surface area contributed by atoms with Gasteiger partial charge in [-0.25, -0.2) is 0 Å². The topological polar surface area (TPSA) is 44.4 Å². The second kappa shape index (κ2) is 6.34. The molecule has 4 nitrogen and oxygen atoms in total. The Kier molecular flexibility index (Phi) is 4.78. The predicted molar refractivity (Wildman–Crippen MR) is 73.4 cm³/mol. The Labute approximate surface area is 110 Å². The van der Waals surface area contributed by atoms with Gasteiger partial charge in [-0.3, -0.25) is 9.69 Å². The summed E-state index contributed by atoms with van der Waals surface area (Å²) in [6.07, 6.45) is 6.68. The van der Waals surface area contributed by atoms with Gasteiger partial charge in [-0.2, -0.15) is 0 Å². The summed E-state index contributed by atoms with van der Waals surface area (Å²) in [6.45, 7) is 8.39. The van der Waals surface area contributed by atoms with E-state index < -0.39 is 0 Å². The molecule has 2 fully saturated rings. The summed E-state index contributed by atoms with van der Waals surface area (Å²) in [5.41, 5.74) is 0. The third-order valence-electron chi connectivity index (χ3n) is 4.20. The molecule has 4 heteroatoms. The van der Waals surface area contributed by atoms with Crippen LogP contribution in [0, 0.1) is 0 Å². The Balaban J connectivity index is 1.92. The number of rotatable bonds is 5. The van der Waals surface area contributed by atoms with E-state index in [2.05, 4.69) is 22.1 Å². The molecular formula is C14H25N3O. The van der Waals surface area contributed by atoms with Crippen molar-refractivity contribution in [1.82, 2.24) is 15.5 Å². The van der Waals surface area contributed by atoms with E-state index in [1.165, 1.54) is 25.7 Å². The van der Waals surface area contributed by atoms with Crippen molar-refractivity contribution in [2.24, 2.45) is 0 Å². The summed E-state index contributed by atoms with van der Waals surface area (Å²) >= 11 is 0. The first-order chi connectivity index (χ1) is 8.74. The number of nitrogens with one attached hydrogen (secondary N) is 2. The number of carbonyl (C=O) groups is 1. The monoisotopic (exact) mass is 251 g/mol. The zero-order chi connectivity index (χ0) is 13.0. The summed E-state index contributed by atoms with van der Waals surface area (Å²) in [7, 11) is 0. The standard InChI is InChI=1S/C14H25N3O/c1-3-8-16-14(18)11(2)17-10-5-7-13(17)12-6-4-9-15-12/h3,11-13,15H,1,4-10H2,2H3,(H,16,18). The number of hydrogen-bond acceptors (Lipinski definition) is 3. The number of likely N-dealkylation sites (tertiary alicyclic amines) is 1. The van der Waals surface area contributed by atoms with Crippen LogP contribution in [0.1, 0.15) is 32.6 Å². The van der Waals surface area contributed by atoms with Crippen LogP contribution < -0.4 is 10.6 Å². The normalized spacial score (nSPS) is 30.3. The molecule has 0 aliphatic carbocycles. The number of nitrogens with zero attached hydrogens (tertiary/aromatic N) is 1. The van der Waals surface area contributed by atoms with E-state index in [0.29, 0.717) is 18.6 Å². The predicted octanol–water partition coefficient (Wildman–Crippen LogP) is 0.893. The molecule has 0 saturated carbocycles. The van der Waals surface area contributed by atoms with Crippen molar-refractivity contribution in [2.75, 3.05) is 19.6 Å². The van der Waals surface area contributed by atoms with Gasteiger partial charge in [0.1, 0.15) is 0 Å². The molecule has 2 N–H and O–H groups in total. The van der Waals surface area contributed by atoms with Gasteiger partial charge in [-0.05, 0) is 45.7 Å². The molecule has 0 aromatic heterocycles. The molecule has 2 rings (SSSR count). The van der Waals surface area contributed by atoms with Crippen LogP contribution in [-0.4, -0.2) is 48.6 Å².